The van der Waals surface area contributed by atoms with Gasteiger partial charge in [-0.15, -0.1) is 0 Å². The zero-order chi connectivity index (χ0) is 15.4. The Bertz CT molecular complexity index is 569. The van der Waals surface area contributed by atoms with Gasteiger partial charge in [0.1, 0.15) is 0 Å². The van der Waals surface area contributed by atoms with Gasteiger partial charge in [0.25, 0.3) is 0 Å². The van der Waals surface area contributed by atoms with Gasteiger partial charge < -0.3 is 5.32 Å². The number of likely N-dealkylation sites (N-methyl/N-ethyl adjacent to an activating group) is 1. The van der Waals surface area contributed by atoms with Crippen LogP contribution in [0.2, 0.25) is 0 Å². The van der Waals surface area contributed by atoms with Crippen LogP contribution in [0.5, 0.6) is 0 Å². The third-order valence-electron chi connectivity index (χ3n) is 4.00. The molecule has 0 aliphatic carbocycles. The maximum Gasteiger partial charge on any atom is 0.0643 e. The van der Waals surface area contributed by atoms with Gasteiger partial charge in [0.15, 0.2) is 0 Å². The van der Waals surface area contributed by atoms with E-state index in [1.54, 1.807) is 0 Å². The van der Waals surface area contributed by atoms with Crippen molar-refractivity contribution in [3.63, 3.8) is 0 Å². The molecule has 2 aromatic rings. The second-order valence-electron chi connectivity index (χ2n) is 5.70. The fourth-order valence-corrected chi connectivity index (χ4v) is 2.63. The molecule has 0 aliphatic rings. The predicted molar refractivity (Wildman–Crippen MR) is 85.3 cm³/mol. The number of rotatable bonds is 7. The van der Waals surface area contributed by atoms with Gasteiger partial charge >= 0.3 is 0 Å². The molecule has 0 fully saturated rings. The zero-order valence-electron chi connectivity index (χ0n) is 13.8. The fourth-order valence-electron chi connectivity index (χ4n) is 2.63. The number of hydrogen-bond donors (Lipinski definition) is 1. The molecule has 0 amide bonds. The number of nitrogens with one attached hydrogen (secondary N) is 1. The van der Waals surface area contributed by atoms with E-state index < -0.39 is 0 Å². The van der Waals surface area contributed by atoms with Crippen molar-refractivity contribution in [3.05, 3.63) is 35.4 Å². The average Bonchev–Trinajstić information content (AvgIpc) is 3.04. The zero-order valence-corrected chi connectivity index (χ0v) is 13.8. The fraction of sp³-hybridized carbons (Fsp3) is 0.625. The van der Waals surface area contributed by atoms with Crippen LogP contribution in [0.4, 0.5) is 0 Å². The molecule has 0 spiro atoms. The van der Waals surface area contributed by atoms with Crippen molar-refractivity contribution in [2.75, 3.05) is 6.54 Å². The van der Waals surface area contributed by atoms with Crippen LogP contribution < -0.4 is 5.32 Å². The highest BCUT2D eigenvalue weighted by Gasteiger charge is 2.17. The minimum atomic E-state index is 0.268. The Labute approximate surface area is 127 Å². The molecular weight excluding hydrogens is 262 g/mol. The van der Waals surface area contributed by atoms with Gasteiger partial charge in [-0.05, 0) is 32.9 Å². The SMILES string of the molecule is CCNC(Cc1ccn(C(C)CC)n1)c1cn(C)nc1C. The number of aryl methyl sites for hydroxylation is 2. The highest BCUT2D eigenvalue weighted by Crippen LogP contribution is 2.21. The van der Waals surface area contributed by atoms with Crippen LogP contribution in [0.25, 0.3) is 0 Å². The van der Waals surface area contributed by atoms with Crippen LogP contribution in [0.1, 0.15) is 56.2 Å². The van der Waals surface area contributed by atoms with E-state index in [4.69, 9.17) is 5.10 Å². The summed E-state index contributed by atoms with van der Waals surface area (Å²) in [6, 6.07) is 2.85. The van der Waals surface area contributed by atoms with Crippen LogP contribution >= 0.6 is 0 Å². The molecule has 0 saturated heterocycles. The average molecular weight is 289 g/mol. The first-order valence-corrected chi connectivity index (χ1v) is 7.82. The summed E-state index contributed by atoms with van der Waals surface area (Å²) in [4.78, 5) is 0. The van der Waals surface area contributed by atoms with E-state index >= 15 is 0 Å². The second kappa shape index (κ2) is 6.89. The summed E-state index contributed by atoms with van der Waals surface area (Å²) >= 11 is 0. The van der Waals surface area contributed by atoms with Crippen molar-refractivity contribution in [2.24, 2.45) is 7.05 Å². The summed E-state index contributed by atoms with van der Waals surface area (Å²) in [5, 5.41) is 12.7. The van der Waals surface area contributed by atoms with E-state index in [-0.39, 0.29) is 6.04 Å². The van der Waals surface area contributed by atoms with E-state index in [9.17, 15) is 0 Å². The van der Waals surface area contributed by atoms with Gasteiger partial charge in [0.2, 0.25) is 0 Å². The van der Waals surface area contributed by atoms with Gasteiger partial charge in [-0.2, -0.15) is 10.2 Å². The van der Waals surface area contributed by atoms with Crippen LogP contribution in [0, 0.1) is 6.92 Å². The lowest BCUT2D eigenvalue weighted by molar-refractivity contribution is 0.467. The molecule has 116 valence electrons. The number of aromatic nitrogens is 4. The lowest BCUT2D eigenvalue weighted by Gasteiger charge is -2.16. The van der Waals surface area contributed by atoms with Crippen molar-refractivity contribution in [1.82, 2.24) is 24.9 Å². The molecule has 2 heterocycles. The first-order chi connectivity index (χ1) is 10.0. The van der Waals surface area contributed by atoms with Gasteiger partial charge in [-0.25, -0.2) is 0 Å². The highest BCUT2D eigenvalue weighted by atomic mass is 15.3. The first kappa shape index (κ1) is 15.8. The number of hydrogen-bond acceptors (Lipinski definition) is 3. The molecule has 2 aromatic heterocycles. The second-order valence-corrected chi connectivity index (χ2v) is 5.70. The maximum atomic E-state index is 4.71. The van der Waals surface area contributed by atoms with Crippen LogP contribution in [0.15, 0.2) is 18.5 Å². The minimum Gasteiger partial charge on any atom is -0.310 e. The van der Waals surface area contributed by atoms with E-state index in [1.807, 2.05) is 11.7 Å². The Hall–Kier alpha value is -1.62. The Morgan fingerprint density at radius 1 is 1.29 bits per heavy atom. The van der Waals surface area contributed by atoms with Gasteiger partial charge in [0.05, 0.1) is 11.4 Å². The molecule has 0 bridgehead atoms. The highest BCUT2D eigenvalue weighted by molar-refractivity contribution is 5.22. The molecule has 0 aliphatic heterocycles. The lowest BCUT2D eigenvalue weighted by Crippen LogP contribution is -2.23. The molecular formula is C16H27N5. The normalized spacial score (nSPS) is 14.3. The molecule has 0 radical (unpaired) electrons. The Balaban J connectivity index is 2.16. The minimum absolute atomic E-state index is 0.268. The molecule has 5 heteroatoms. The smallest absolute Gasteiger partial charge is 0.0643 e. The Morgan fingerprint density at radius 3 is 2.62 bits per heavy atom. The molecule has 2 rings (SSSR count). The Kier molecular flexibility index (Phi) is 5.17. The van der Waals surface area contributed by atoms with E-state index in [1.165, 1.54) is 5.56 Å². The summed E-state index contributed by atoms with van der Waals surface area (Å²) in [6.07, 6.45) is 6.18. The number of nitrogens with zero attached hydrogens (tertiary/aromatic N) is 4. The summed E-state index contributed by atoms with van der Waals surface area (Å²) < 4.78 is 3.95. The van der Waals surface area contributed by atoms with Crippen LogP contribution in [0.3, 0.4) is 0 Å². The third-order valence-corrected chi connectivity index (χ3v) is 4.00. The molecule has 0 aromatic carbocycles. The van der Waals surface area contributed by atoms with Gasteiger partial charge in [-0.3, -0.25) is 9.36 Å². The molecule has 21 heavy (non-hydrogen) atoms. The maximum absolute atomic E-state index is 4.71. The molecule has 0 saturated carbocycles. The van der Waals surface area contributed by atoms with Crippen LogP contribution in [-0.4, -0.2) is 26.1 Å². The summed E-state index contributed by atoms with van der Waals surface area (Å²) in [7, 11) is 1.97. The standard InChI is InChI=1S/C16H27N5/c1-6-12(3)21-9-8-14(19-21)10-16(17-7-2)15-11-20(5)18-13(15)4/h8-9,11-12,16-17H,6-7,10H2,1-5H3. The summed E-state index contributed by atoms with van der Waals surface area (Å²) in [5.74, 6) is 0. The van der Waals surface area contributed by atoms with E-state index in [2.05, 4.69) is 61.3 Å². The largest absolute Gasteiger partial charge is 0.310 e. The summed E-state index contributed by atoms with van der Waals surface area (Å²) in [5.41, 5.74) is 3.48. The molecule has 1 N–H and O–H groups in total. The monoisotopic (exact) mass is 289 g/mol. The van der Waals surface area contributed by atoms with Crippen LogP contribution in [-0.2, 0) is 13.5 Å². The van der Waals surface area contributed by atoms with Gasteiger partial charge in [-0.1, -0.05) is 13.8 Å². The molecule has 2 atom stereocenters. The van der Waals surface area contributed by atoms with Crippen molar-refractivity contribution >= 4 is 0 Å². The van der Waals surface area contributed by atoms with Crippen molar-refractivity contribution < 1.29 is 0 Å². The summed E-state index contributed by atoms with van der Waals surface area (Å²) in [6.45, 7) is 9.52. The van der Waals surface area contributed by atoms with Crippen molar-refractivity contribution in [3.8, 4) is 0 Å². The Morgan fingerprint density at radius 2 is 2.05 bits per heavy atom. The van der Waals surface area contributed by atoms with Crippen molar-refractivity contribution in [2.45, 2.75) is 52.6 Å². The molecule has 5 nitrogen and oxygen atoms in total. The topological polar surface area (TPSA) is 47.7 Å². The van der Waals surface area contributed by atoms with E-state index in [0.717, 1.165) is 30.8 Å². The first-order valence-electron chi connectivity index (χ1n) is 7.82. The van der Waals surface area contributed by atoms with Gasteiger partial charge in [0, 0.05) is 43.5 Å². The van der Waals surface area contributed by atoms with E-state index in [0.29, 0.717) is 6.04 Å². The lowest BCUT2D eigenvalue weighted by atomic mass is 10.0. The molecule has 2 unspecified atom stereocenters. The van der Waals surface area contributed by atoms with Crippen molar-refractivity contribution in [1.29, 1.82) is 0 Å². The quantitative estimate of drug-likeness (QED) is 0.852. The predicted octanol–water partition coefficient (Wildman–Crippen LogP) is 2.79. The third kappa shape index (κ3) is 3.73.